The van der Waals surface area contributed by atoms with Crippen molar-refractivity contribution >= 4 is 17.6 Å². The Bertz CT molecular complexity index is 577. The number of nitro benzene ring substituents is 1. The molecule has 0 fully saturated rings. The van der Waals surface area contributed by atoms with Crippen molar-refractivity contribution in [3.8, 4) is 0 Å². The third-order valence-corrected chi connectivity index (χ3v) is 2.55. The number of nitrogens with zero attached hydrogens (tertiary/aromatic N) is 1. The second-order valence-electron chi connectivity index (χ2n) is 3.98. The Balaban J connectivity index is 2.76. The van der Waals surface area contributed by atoms with Crippen LogP contribution in [0.3, 0.4) is 0 Å². The lowest BCUT2D eigenvalue weighted by Gasteiger charge is -2.06. The summed E-state index contributed by atoms with van der Waals surface area (Å²) in [5.74, 6) is -4.17. The van der Waals surface area contributed by atoms with Crippen molar-refractivity contribution < 1.29 is 28.0 Å². The first-order valence-corrected chi connectivity index (χ1v) is 5.85. The molecular weight excluding hydrogens is 290 g/mol. The van der Waals surface area contributed by atoms with Crippen LogP contribution in [0.4, 0.5) is 14.5 Å². The van der Waals surface area contributed by atoms with E-state index in [2.05, 4.69) is 10.1 Å². The molecule has 21 heavy (non-hydrogen) atoms. The molecule has 0 unspecified atom stereocenters. The minimum atomic E-state index is -1.41. The van der Waals surface area contributed by atoms with Crippen molar-refractivity contribution in [1.82, 2.24) is 5.32 Å². The fraction of sp³-hybridized carbons (Fsp3) is 0.333. The van der Waals surface area contributed by atoms with Crippen LogP contribution in [0.1, 0.15) is 23.2 Å². The topological polar surface area (TPSA) is 98.5 Å². The van der Waals surface area contributed by atoms with Gasteiger partial charge in [-0.25, -0.2) is 8.78 Å². The summed E-state index contributed by atoms with van der Waals surface area (Å²) in [4.78, 5) is 32.3. The minimum Gasteiger partial charge on any atom is -0.469 e. The second-order valence-corrected chi connectivity index (χ2v) is 3.98. The van der Waals surface area contributed by atoms with E-state index in [-0.39, 0.29) is 19.4 Å². The second kappa shape index (κ2) is 7.27. The summed E-state index contributed by atoms with van der Waals surface area (Å²) in [6, 6.07) is 0.807. The number of nitrogens with one attached hydrogen (secondary N) is 1. The number of amides is 1. The number of hydrogen-bond donors (Lipinski definition) is 1. The number of halogens is 2. The van der Waals surface area contributed by atoms with Crippen molar-refractivity contribution in [3.63, 3.8) is 0 Å². The van der Waals surface area contributed by atoms with Gasteiger partial charge in [0.1, 0.15) is 5.56 Å². The van der Waals surface area contributed by atoms with E-state index >= 15 is 0 Å². The van der Waals surface area contributed by atoms with Gasteiger partial charge in [0.2, 0.25) is 0 Å². The zero-order valence-corrected chi connectivity index (χ0v) is 11.0. The summed E-state index contributed by atoms with van der Waals surface area (Å²) in [5, 5.41) is 13.0. The number of esters is 1. The van der Waals surface area contributed by atoms with Crippen LogP contribution in [0.15, 0.2) is 12.1 Å². The molecule has 9 heteroatoms. The number of nitro groups is 1. The number of rotatable bonds is 6. The fourth-order valence-electron chi connectivity index (χ4n) is 1.50. The third-order valence-electron chi connectivity index (χ3n) is 2.55. The minimum absolute atomic E-state index is 0.0318. The van der Waals surface area contributed by atoms with Crippen LogP contribution < -0.4 is 5.32 Å². The Morgan fingerprint density at radius 2 is 1.95 bits per heavy atom. The van der Waals surface area contributed by atoms with Gasteiger partial charge < -0.3 is 10.1 Å². The number of benzene rings is 1. The molecule has 0 radical (unpaired) electrons. The van der Waals surface area contributed by atoms with Crippen LogP contribution in [0.2, 0.25) is 0 Å². The highest BCUT2D eigenvalue weighted by atomic mass is 19.2. The average Bonchev–Trinajstić information content (AvgIpc) is 2.45. The van der Waals surface area contributed by atoms with E-state index in [1.54, 1.807) is 0 Å². The molecule has 1 N–H and O–H groups in total. The standard InChI is InChI=1S/C12H12F2N2O5/c1-21-11(17)3-2-4-15-12(18)7-5-8(13)9(14)6-10(7)16(19)20/h5-6H,2-4H2,1H3,(H,15,18). The van der Waals surface area contributed by atoms with E-state index in [9.17, 15) is 28.5 Å². The molecule has 1 aromatic rings. The SMILES string of the molecule is COC(=O)CCCNC(=O)c1cc(F)c(F)cc1[N+](=O)[O-]. The van der Waals surface area contributed by atoms with E-state index in [1.165, 1.54) is 7.11 Å². The summed E-state index contributed by atoms with van der Waals surface area (Å²) >= 11 is 0. The molecule has 0 heterocycles. The lowest BCUT2D eigenvalue weighted by Crippen LogP contribution is -2.26. The van der Waals surface area contributed by atoms with Gasteiger partial charge in [-0.15, -0.1) is 0 Å². The smallest absolute Gasteiger partial charge is 0.305 e. The molecule has 1 aromatic carbocycles. The maximum absolute atomic E-state index is 13.1. The molecule has 1 rings (SSSR count). The largest absolute Gasteiger partial charge is 0.469 e. The van der Waals surface area contributed by atoms with Gasteiger partial charge in [-0.1, -0.05) is 0 Å². The molecule has 0 aliphatic carbocycles. The predicted molar refractivity (Wildman–Crippen MR) is 66.6 cm³/mol. The van der Waals surface area contributed by atoms with E-state index < -0.39 is 39.7 Å². The highest BCUT2D eigenvalue weighted by molar-refractivity contribution is 5.98. The first-order chi connectivity index (χ1) is 9.86. The zero-order chi connectivity index (χ0) is 16.0. The Morgan fingerprint density at radius 1 is 1.33 bits per heavy atom. The van der Waals surface area contributed by atoms with Gasteiger partial charge in [0, 0.05) is 13.0 Å². The van der Waals surface area contributed by atoms with Crippen LogP contribution in [0.5, 0.6) is 0 Å². The van der Waals surface area contributed by atoms with Crippen LogP contribution >= 0.6 is 0 Å². The molecule has 0 saturated heterocycles. The lowest BCUT2D eigenvalue weighted by molar-refractivity contribution is -0.385. The molecule has 0 saturated carbocycles. The fourth-order valence-corrected chi connectivity index (χ4v) is 1.50. The molecule has 0 spiro atoms. The van der Waals surface area contributed by atoms with Gasteiger partial charge in [0.15, 0.2) is 11.6 Å². The Labute approximate surface area is 118 Å². The summed E-state index contributed by atoms with van der Waals surface area (Å²) in [6.45, 7) is 0.0318. The van der Waals surface area contributed by atoms with Crippen molar-refractivity contribution in [2.75, 3.05) is 13.7 Å². The highest BCUT2D eigenvalue weighted by Crippen LogP contribution is 2.22. The highest BCUT2D eigenvalue weighted by Gasteiger charge is 2.23. The Morgan fingerprint density at radius 3 is 2.52 bits per heavy atom. The lowest BCUT2D eigenvalue weighted by atomic mass is 10.1. The molecule has 0 bridgehead atoms. The summed E-state index contributed by atoms with van der Waals surface area (Å²) in [5.41, 5.74) is -1.42. The normalized spacial score (nSPS) is 10.0. The zero-order valence-electron chi connectivity index (χ0n) is 11.0. The molecular formula is C12H12F2N2O5. The Hall–Kier alpha value is -2.58. The summed E-state index contributed by atoms with van der Waals surface area (Å²) < 4.78 is 30.4. The number of ether oxygens (including phenoxy) is 1. The van der Waals surface area contributed by atoms with Crippen molar-refractivity contribution in [1.29, 1.82) is 0 Å². The van der Waals surface area contributed by atoms with E-state index in [0.29, 0.717) is 12.1 Å². The van der Waals surface area contributed by atoms with Crippen molar-refractivity contribution in [3.05, 3.63) is 39.4 Å². The Kier molecular flexibility index (Phi) is 5.70. The molecule has 0 atom stereocenters. The molecule has 0 aliphatic heterocycles. The van der Waals surface area contributed by atoms with Gasteiger partial charge in [0.05, 0.1) is 18.1 Å². The van der Waals surface area contributed by atoms with Gasteiger partial charge in [-0.3, -0.25) is 19.7 Å². The van der Waals surface area contributed by atoms with Gasteiger partial charge in [0.25, 0.3) is 11.6 Å². The summed E-state index contributed by atoms with van der Waals surface area (Å²) in [6.07, 6.45) is 0.298. The van der Waals surface area contributed by atoms with E-state index in [4.69, 9.17) is 0 Å². The number of carbonyl (C=O) groups is 2. The maximum atomic E-state index is 13.1. The van der Waals surface area contributed by atoms with E-state index in [0.717, 1.165) is 0 Å². The molecule has 0 aromatic heterocycles. The van der Waals surface area contributed by atoms with Crippen molar-refractivity contribution in [2.24, 2.45) is 0 Å². The first-order valence-electron chi connectivity index (χ1n) is 5.85. The van der Waals surface area contributed by atoms with Gasteiger partial charge in [-0.2, -0.15) is 0 Å². The van der Waals surface area contributed by atoms with E-state index in [1.807, 2.05) is 0 Å². The summed E-state index contributed by atoms with van der Waals surface area (Å²) in [7, 11) is 1.21. The number of carbonyl (C=O) groups excluding carboxylic acids is 2. The molecule has 7 nitrogen and oxygen atoms in total. The van der Waals surface area contributed by atoms with Crippen LogP contribution in [-0.4, -0.2) is 30.5 Å². The average molecular weight is 302 g/mol. The molecule has 0 aliphatic rings. The first kappa shape index (κ1) is 16.5. The monoisotopic (exact) mass is 302 g/mol. The predicted octanol–water partition coefficient (Wildman–Crippen LogP) is 1.56. The van der Waals surface area contributed by atoms with Gasteiger partial charge in [-0.05, 0) is 12.5 Å². The van der Waals surface area contributed by atoms with Crippen LogP contribution in [-0.2, 0) is 9.53 Å². The van der Waals surface area contributed by atoms with Crippen molar-refractivity contribution in [2.45, 2.75) is 12.8 Å². The number of hydrogen-bond acceptors (Lipinski definition) is 5. The van der Waals surface area contributed by atoms with Crippen LogP contribution in [0, 0.1) is 21.7 Å². The number of methoxy groups -OCH3 is 1. The third kappa shape index (κ3) is 4.48. The molecule has 114 valence electrons. The maximum Gasteiger partial charge on any atom is 0.305 e. The quantitative estimate of drug-likeness (QED) is 0.372. The molecule has 1 amide bonds. The van der Waals surface area contributed by atoms with Crippen LogP contribution in [0.25, 0.3) is 0 Å². The van der Waals surface area contributed by atoms with Gasteiger partial charge >= 0.3 is 5.97 Å².